The van der Waals surface area contributed by atoms with E-state index in [2.05, 4.69) is 17.6 Å². The molecular weight excluding hydrogens is 260 g/mol. The van der Waals surface area contributed by atoms with Gasteiger partial charge in [0.2, 0.25) is 5.91 Å². The molecule has 106 valence electrons. The van der Waals surface area contributed by atoms with E-state index in [0.29, 0.717) is 11.6 Å². The van der Waals surface area contributed by atoms with Gasteiger partial charge in [0.1, 0.15) is 0 Å². The average molecular weight is 283 g/mol. The van der Waals surface area contributed by atoms with Gasteiger partial charge < -0.3 is 10.6 Å². The topological polar surface area (TPSA) is 41.1 Å². The minimum atomic E-state index is 0.0369. The van der Waals surface area contributed by atoms with Crippen LogP contribution in [0.3, 0.4) is 0 Å². The molecule has 0 bridgehead atoms. The molecule has 0 aliphatic carbocycles. The molecule has 0 aliphatic heterocycles. The number of nitrogens with one attached hydrogen (secondary N) is 2. The van der Waals surface area contributed by atoms with E-state index >= 15 is 0 Å². The smallest absolute Gasteiger partial charge is 0.234 e. The van der Waals surface area contributed by atoms with Gasteiger partial charge in [-0.05, 0) is 38.0 Å². The zero-order valence-electron chi connectivity index (χ0n) is 11.9. The van der Waals surface area contributed by atoms with E-state index in [1.807, 2.05) is 38.1 Å². The first kappa shape index (κ1) is 16.0. The van der Waals surface area contributed by atoms with Gasteiger partial charge in [0.25, 0.3) is 0 Å². The molecule has 0 fully saturated rings. The number of benzene rings is 1. The van der Waals surface area contributed by atoms with Crippen LogP contribution in [-0.2, 0) is 4.79 Å². The minimum absolute atomic E-state index is 0.0369. The van der Waals surface area contributed by atoms with Crippen molar-refractivity contribution in [1.29, 1.82) is 0 Å². The molecule has 0 aliphatic rings. The summed E-state index contributed by atoms with van der Waals surface area (Å²) in [5.74, 6) is 0.0369. The molecule has 19 heavy (non-hydrogen) atoms. The Kier molecular flexibility index (Phi) is 6.89. The van der Waals surface area contributed by atoms with Crippen LogP contribution in [0.25, 0.3) is 0 Å². The van der Waals surface area contributed by atoms with Crippen molar-refractivity contribution in [2.45, 2.75) is 45.7 Å². The highest BCUT2D eigenvalue weighted by Crippen LogP contribution is 2.16. The first-order valence-corrected chi connectivity index (χ1v) is 7.19. The van der Waals surface area contributed by atoms with Crippen molar-refractivity contribution in [1.82, 2.24) is 10.6 Å². The lowest BCUT2D eigenvalue weighted by Crippen LogP contribution is -2.39. The van der Waals surface area contributed by atoms with Crippen molar-refractivity contribution in [2.24, 2.45) is 0 Å². The van der Waals surface area contributed by atoms with Gasteiger partial charge in [-0.2, -0.15) is 0 Å². The Morgan fingerprint density at radius 1 is 1.37 bits per heavy atom. The zero-order chi connectivity index (χ0) is 14.3. The Bertz CT molecular complexity index is 409. The molecule has 0 spiro atoms. The van der Waals surface area contributed by atoms with E-state index in [4.69, 9.17) is 11.6 Å². The Balaban J connectivity index is 2.37. The van der Waals surface area contributed by atoms with E-state index in [-0.39, 0.29) is 18.0 Å². The molecule has 1 aromatic carbocycles. The fourth-order valence-electron chi connectivity index (χ4n) is 1.97. The summed E-state index contributed by atoms with van der Waals surface area (Å²) in [5.41, 5.74) is 1.09. The predicted molar refractivity (Wildman–Crippen MR) is 80.4 cm³/mol. The number of rotatable bonds is 7. The highest BCUT2D eigenvalue weighted by Gasteiger charge is 2.09. The van der Waals surface area contributed by atoms with Crippen LogP contribution in [0, 0.1) is 0 Å². The van der Waals surface area contributed by atoms with Crippen LogP contribution in [0.2, 0.25) is 5.02 Å². The van der Waals surface area contributed by atoms with Crippen LogP contribution >= 0.6 is 11.6 Å². The fraction of sp³-hybridized carbons (Fsp3) is 0.533. The lowest BCUT2D eigenvalue weighted by atomic mass is 10.1. The van der Waals surface area contributed by atoms with Gasteiger partial charge in [0, 0.05) is 17.1 Å². The summed E-state index contributed by atoms with van der Waals surface area (Å²) in [4.78, 5) is 11.7. The summed E-state index contributed by atoms with van der Waals surface area (Å²) in [5, 5.41) is 6.89. The van der Waals surface area contributed by atoms with Crippen LogP contribution in [0.15, 0.2) is 24.3 Å². The molecule has 1 rings (SSSR count). The van der Waals surface area contributed by atoms with Gasteiger partial charge in [-0.3, -0.25) is 4.79 Å². The largest absolute Gasteiger partial charge is 0.353 e. The van der Waals surface area contributed by atoms with Crippen molar-refractivity contribution in [3.8, 4) is 0 Å². The van der Waals surface area contributed by atoms with Crippen LogP contribution in [-0.4, -0.2) is 18.5 Å². The normalized spacial score (nSPS) is 13.9. The molecule has 3 nitrogen and oxygen atoms in total. The molecular formula is C15H23ClN2O. The Labute approximate surface area is 120 Å². The van der Waals surface area contributed by atoms with Crippen LogP contribution < -0.4 is 10.6 Å². The first-order chi connectivity index (χ1) is 9.02. The van der Waals surface area contributed by atoms with E-state index in [1.165, 1.54) is 0 Å². The summed E-state index contributed by atoms with van der Waals surface area (Å²) in [7, 11) is 0. The van der Waals surface area contributed by atoms with Gasteiger partial charge in [0.05, 0.1) is 6.54 Å². The number of hydrogen-bond acceptors (Lipinski definition) is 2. The minimum Gasteiger partial charge on any atom is -0.353 e. The van der Waals surface area contributed by atoms with Gasteiger partial charge in [-0.1, -0.05) is 37.1 Å². The van der Waals surface area contributed by atoms with E-state index < -0.39 is 0 Å². The lowest BCUT2D eigenvalue weighted by Gasteiger charge is -2.16. The molecule has 1 aromatic rings. The Morgan fingerprint density at radius 3 is 2.74 bits per heavy atom. The fourth-order valence-corrected chi connectivity index (χ4v) is 2.17. The molecule has 0 aromatic heterocycles. The van der Waals surface area contributed by atoms with E-state index in [1.54, 1.807) is 0 Å². The summed E-state index contributed by atoms with van der Waals surface area (Å²) in [6.07, 6.45) is 2.09. The number of carbonyl (C=O) groups excluding carboxylic acids is 1. The predicted octanol–water partition coefficient (Wildman–Crippen LogP) is 3.30. The van der Waals surface area contributed by atoms with Crippen LogP contribution in [0.5, 0.6) is 0 Å². The molecule has 0 saturated heterocycles. The van der Waals surface area contributed by atoms with Crippen molar-refractivity contribution < 1.29 is 4.79 Å². The molecule has 2 N–H and O–H groups in total. The number of hydrogen-bond donors (Lipinski definition) is 2. The first-order valence-electron chi connectivity index (χ1n) is 6.81. The second-order valence-electron chi connectivity index (χ2n) is 4.91. The second-order valence-corrected chi connectivity index (χ2v) is 5.35. The quantitative estimate of drug-likeness (QED) is 0.806. The number of halogens is 1. The van der Waals surface area contributed by atoms with Crippen molar-refractivity contribution in [3.63, 3.8) is 0 Å². The monoisotopic (exact) mass is 282 g/mol. The SMILES string of the molecule is CCCC(C)NC(=O)CN[C@@H](C)c1cccc(Cl)c1. The van der Waals surface area contributed by atoms with Crippen molar-refractivity contribution in [2.75, 3.05) is 6.54 Å². The molecule has 1 amide bonds. The van der Waals surface area contributed by atoms with Crippen molar-refractivity contribution >= 4 is 17.5 Å². The molecule has 2 atom stereocenters. The maximum Gasteiger partial charge on any atom is 0.234 e. The van der Waals surface area contributed by atoms with Gasteiger partial charge >= 0.3 is 0 Å². The molecule has 1 unspecified atom stereocenters. The second kappa shape index (κ2) is 8.18. The van der Waals surface area contributed by atoms with Crippen molar-refractivity contribution in [3.05, 3.63) is 34.9 Å². The third kappa shape index (κ3) is 6.08. The third-order valence-corrected chi connectivity index (χ3v) is 3.28. The van der Waals surface area contributed by atoms with Gasteiger partial charge in [-0.25, -0.2) is 0 Å². The third-order valence-electron chi connectivity index (χ3n) is 3.05. The standard InChI is InChI=1S/C15H23ClN2O/c1-4-6-11(2)18-15(19)10-17-12(3)13-7-5-8-14(16)9-13/h5,7-9,11-12,17H,4,6,10H2,1-3H3,(H,18,19)/t11?,12-/m0/s1. The van der Waals surface area contributed by atoms with Crippen LogP contribution in [0.4, 0.5) is 0 Å². The summed E-state index contributed by atoms with van der Waals surface area (Å²) in [6.45, 7) is 6.49. The molecule has 4 heteroatoms. The van der Waals surface area contributed by atoms with Gasteiger partial charge in [-0.15, -0.1) is 0 Å². The number of amides is 1. The summed E-state index contributed by atoms with van der Waals surface area (Å²) in [6, 6.07) is 8.01. The lowest BCUT2D eigenvalue weighted by molar-refractivity contribution is -0.121. The molecule has 0 heterocycles. The maximum atomic E-state index is 11.7. The Morgan fingerprint density at radius 2 is 2.11 bits per heavy atom. The highest BCUT2D eigenvalue weighted by atomic mass is 35.5. The maximum absolute atomic E-state index is 11.7. The molecule has 0 radical (unpaired) electrons. The molecule has 0 saturated carbocycles. The Hall–Kier alpha value is -1.06. The van der Waals surface area contributed by atoms with E-state index in [9.17, 15) is 4.79 Å². The average Bonchev–Trinajstić information content (AvgIpc) is 2.36. The van der Waals surface area contributed by atoms with Gasteiger partial charge in [0.15, 0.2) is 0 Å². The number of carbonyl (C=O) groups is 1. The summed E-state index contributed by atoms with van der Waals surface area (Å²) < 4.78 is 0. The highest BCUT2D eigenvalue weighted by molar-refractivity contribution is 6.30. The van der Waals surface area contributed by atoms with Crippen LogP contribution in [0.1, 0.15) is 45.2 Å². The zero-order valence-corrected chi connectivity index (χ0v) is 12.6. The summed E-state index contributed by atoms with van der Waals surface area (Å²) >= 11 is 5.95. The van der Waals surface area contributed by atoms with E-state index in [0.717, 1.165) is 18.4 Å².